The monoisotopic (exact) mass is 271 g/mol. The molecule has 0 saturated carbocycles. The molecule has 0 aliphatic rings. The summed E-state index contributed by atoms with van der Waals surface area (Å²) in [7, 11) is 0. The Hall–Kier alpha value is -1.77. The third-order valence-corrected chi connectivity index (χ3v) is 3.50. The summed E-state index contributed by atoms with van der Waals surface area (Å²) < 4.78 is 2.15. The van der Waals surface area contributed by atoms with Crippen molar-refractivity contribution in [1.29, 1.82) is 0 Å². The van der Waals surface area contributed by atoms with E-state index in [0.717, 1.165) is 22.9 Å². The molecule has 0 radical (unpaired) electrons. The fourth-order valence-corrected chi connectivity index (χ4v) is 2.74. The number of nitrogens with two attached hydrogens (primary N) is 1. The van der Waals surface area contributed by atoms with Crippen molar-refractivity contribution >= 4 is 5.82 Å². The Bertz CT molecular complexity index is 601. The van der Waals surface area contributed by atoms with E-state index in [1.807, 2.05) is 0 Å². The van der Waals surface area contributed by atoms with Crippen LogP contribution >= 0.6 is 0 Å². The highest BCUT2D eigenvalue weighted by Gasteiger charge is 2.20. The normalized spacial score (nSPS) is 11.6. The summed E-state index contributed by atoms with van der Waals surface area (Å²) >= 11 is 0. The minimum Gasteiger partial charge on any atom is -0.383 e. The quantitative estimate of drug-likeness (QED) is 0.896. The third kappa shape index (κ3) is 2.58. The van der Waals surface area contributed by atoms with Gasteiger partial charge in [0.15, 0.2) is 0 Å². The average molecular weight is 271 g/mol. The van der Waals surface area contributed by atoms with Crippen molar-refractivity contribution in [2.45, 2.75) is 53.5 Å². The van der Waals surface area contributed by atoms with E-state index in [-0.39, 0.29) is 0 Å². The van der Waals surface area contributed by atoms with E-state index in [9.17, 15) is 0 Å². The summed E-state index contributed by atoms with van der Waals surface area (Å²) in [6.45, 7) is 12.8. The van der Waals surface area contributed by atoms with Crippen molar-refractivity contribution in [2.24, 2.45) is 0 Å². The van der Waals surface area contributed by atoms with Gasteiger partial charge in [-0.1, -0.05) is 31.0 Å². The van der Waals surface area contributed by atoms with Crippen LogP contribution in [0.15, 0.2) is 18.2 Å². The number of nitrogens with zero attached hydrogens (tertiary/aromatic N) is 2. The van der Waals surface area contributed by atoms with Gasteiger partial charge in [0.25, 0.3) is 0 Å². The van der Waals surface area contributed by atoms with Crippen molar-refractivity contribution < 1.29 is 0 Å². The van der Waals surface area contributed by atoms with Crippen molar-refractivity contribution in [3.05, 3.63) is 35.2 Å². The van der Waals surface area contributed by atoms with Crippen LogP contribution in [0.25, 0.3) is 11.3 Å². The highest BCUT2D eigenvalue weighted by molar-refractivity contribution is 5.72. The largest absolute Gasteiger partial charge is 0.383 e. The van der Waals surface area contributed by atoms with E-state index in [0.29, 0.717) is 12.0 Å². The maximum atomic E-state index is 6.38. The molecule has 2 rings (SSSR count). The standard InChI is InChI=1S/C17H25N3/c1-10(2)17-19-15(16(18)20(17)11(3)4)14-8-12(5)7-13(6)9-14/h7-11H,18H2,1-6H3. The van der Waals surface area contributed by atoms with Gasteiger partial charge in [-0.2, -0.15) is 0 Å². The number of aryl methyl sites for hydroxylation is 2. The highest BCUT2D eigenvalue weighted by atomic mass is 15.2. The minimum atomic E-state index is 0.319. The Morgan fingerprint density at radius 3 is 1.95 bits per heavy atom. The number of nitrogen functional groups attached to an aromatic ring is 1. The van der Waals surface area contributed by atoms with Gasteiger partial charge in [-0.3, -0.25) is 0 Å². The first kappa shape index (κ1) is 14.6. The van der Waals surface area contributed by atoms with Crippen molar-refractivity contribution in [3.8, 4) is 11.3 Å². The molecule has 0 fully saturated rings. The molecule has 0 aliphatic carbocycles. The number of benzene rings is 1. The first-order chi connectivity index (χ1) is 9.31. The molecule has 0 amide bonds. The second-order valence-corrected chi connectivity index (χ2v) is 6.20. The maximum Gasteiger partial charge on any atom is 0.131 e. The molecule has 108 valence electrons. The molecule has 1 aromatic carbocycles. The maximum absolute atomic E-state index is 6.38. The van der Waals surface area contributed by atoms with Crippen LogP contribution in [0.4, 0.5) is 5.82 Å². The average Bonchev–Trinajstić information content (AvgIpc) is 2.65. The second kappa shape index (κ2) is 5.31. The summed E-state index contributed by atoms with van der Waals surface area (Å²) in [6, 6.07) is 6.79. The Labute approximate surface area is 121 Å². The van der Waals surface area contributed by atoms with Crippen molar-refractivity contribution in [2.75, 3.05) is 5.73 Å². The fourth-order valence-electron chi connectivity index (χ4n) is 2.74. The number of imidazole rings is 1. The Morgan fingerprint density at radius 1 is 1.00 bits per heavy atom. The molecule has 1 aromatic heterocycles. The zero-order valence-corrected chi connectivity index (χ0v) is 13.4. The molecular formula is C17H25N3. The number of hydrogen-bond acceptors (Lipinski definition) is 2. The minimum absolute atomic E-state index is 0.319. The van der Waals surface area contributed by atoms with Gasteiger partial charge in [0.1, 0.15) is 17.3 Å². The van der Waals surface area contributed by atoms with Gasteiger partial charge in [-0.25, -0.2) is 4.98 Å². The zero-order valence-electron chi connectivity index (χ0n) is 13.4. The second-order valence-electron chi connectivity index (χ2n) is 6.20. The lowest BCUT2D eigenvalue weighted by Crippen LogP contribution is -2.10. The summed E-state index contributed by atoms with van der Waals surface area (Å²) in [4.78, 5) is 4.82. The van der Waals surface area contributed by atoms with E-state index in [4.69, 9.17) is 10.7 Å². The van der Waals surface area contributed by atoms with E-state index >= 15 is 0 Å². The van der Waals surface area contributed by atoms with Gasteiger partial charge < -0.3 is 10.3 Å². The Balaban J connectivity index is 2.66. The SMILES string of the molecule is Cc1cc(C)cc(-c2nc(C(C)C)n(C(C)C)c2N)c1. The van der Waals surface area contributed by atoms with Crippen LogP contribution in [0.2, 0.25) is 0 Å². The molecule has 0 aliphatic heterocycles. The van der Waals surface area contributed by atoms with E-state index in [2.05, 4.69) is 64.3 Å². The highest BCUT2D eigenvalue weighted by Crippen LogP contribution is 2.32. The molecule has 3 nitrogen and oxygen atoms in total. The predicted octanol–water partition coefficient (Wildman–Crippen LogP) is 4.45. The number of rotatable bonds is 3. The molecule has 0 bridgehead atoms. The third-order valence-electron chi connectivity index (χ3n) is 3.50. The first-order valence-corrected chi connectivity index (χ1v) is 7.27. The van der Waals surface area contributed by atoms with Gasteiger partial charge in [0, 0.05) is 17.5 Å². The molecular weight excluding hydrogens is 246 g/mol. The summed E-state index contributed by atoms with van der Waals surface area (Å²) in [5, 5.41) is 0. The van der Waals surface area contributed by atoms with E-state index in [1.165, 1.54) is 11.1 Å². The van der Waals surface area contributed by atoms with Gasteiger partial charge in [0.05, 0.1) is 0 Å². The Kier molecular flexibility index (Phi) is 3.89. The summed E-state index contributed by atoms with van der Waals surface area (Å²) in [6.07, 6.45) is 0. The van der Waals surface area contributed by atoms with Gasteiger partial charge in [-0.05, 0) is 39.8 Å². The van der Waals surface area contributed by atoms with Crippen molar-refractivity contribution in [3.63, 3.8) is 0 Å². The lowest BCUT2D eigenvalue weighted by atomic mass is 10.1. The van der Waals surface area contributed by atoms with Gasteiger partial charge in [0.2, 0.25) is 0 Å². The predicted molar refractivity (Wildman–Crippen MR) is 86.0 cm³/mol. The molecule has 0 unspecified atom stereocenters. The van der Waals surface area contributed by atoms with E-state index in [1.54, 1.807) is 0 Å². The van der Waals surface area contributed by atoms with E-state index < -0.39 is 0 Å². The smallest absolute Gasteiger partial charge is 0.131 e. The van der Waals surface area contributed by atoms with Gasteiger partial charge in [-0.15, -0.1) is 0 Å². The van der Waals surface area contributed by atoms with Crippen LogP contribution in [0, 0.1) is 13.8 Å². The molecule has 1 heterocycles. The van der Waals surface area contributed by atoms with Crippen LogP contribution in [0.3, 0.4) is 0 Å². The van der Waals surface area contributed by atoms with Gasteiger partial charge >= 0.3 is 0 Å². The lowest BCUT2D eigenvalue weighted by Gasteiger charge is -2.15. The van der Waals surface area contributed by atoms with Crippen LogP contribution in [-0.2, 0) is 0 Å². The number of anilines is 1. The summed E-state index contributed by atoms with van der Waals surface area (Å²) in [5.74, 6) is 2.19. The molecule has 0 saturated heterocycles. The van der Waals surface area contributed by atoms with Crippen molar-refractivity contribution in [1.82, 2.24) is 9.55 Å². The molecule has 0 spiro atoms. The molecule has 2 aromatic rings. The molecule has 2 N–H and O–H groups in total. The molecule has 20 heavy (non-hydrogen) atoms. The van der Waals surface area contributed by atoms with Crippen LogP contribution in [0.1, 0.15) is 56.6 Å². The first-order valence-electron chi connectivity index (χ1n) is 7.27. The zero-order chi connectivity index (χ0) is 15.0. The van der Waals surface area contributed by atoms with Crippen LogP contribution in [0.5, 0.6) is 0 Å². The van der Waals surface area contributed by atoms with Crippen LogP contribution < -0.4 is 5.73 Å². The lowest BCUT2D eigenvalue weighted by molar-refractivity contribution is 0.556. The number of hydrogen-bond donors (Lipinski definition) is 1. The Morgan fingerprint density at radius 2 is 1.55 bits per heavy atom. The fraction of sp³-hybridized carbons (Fsp3) is 0.471. The summed E-state index contributed by atoms with van der Waals surface area (Å²) in [5.41, 5.74) is 10.9. The topological polar surface area (TPSA) is 43.8 Å². The molecule has 3 heteroatoms. The molecule has 0 atom stereocenters. The van der Waals surface area contributed by atoms with Crippen LogP contribution in [-0.4, -0.2) is 9.55 Å². The number of aromatic nitrogens is 2.